The van der Waals surface area contributed by atoms with Crippen LogP contribution in [0.3, 0.4) is 0 Å². The fourth-order valence-corrected chi connectivity index (χ4v) is 4.81. The standard InChI is InChI=1S/C34H23F26NO4/c35-23(36,25(39,40)27(43,44)29(47,48)31(51,52)33(55,56)57)11-1-3-13-63-20-10-7-18(22(62)65-19-8-5-17(16-61)6-9-19)15-21(20)64-14-4-2-12-24(37,38)26(41,42)28(45,46)30(49,50)32(53,54)34(58,59)60/h5-10,15H,1-4,11-14H2. The van der Waals surface area contributed by atoms with Gasteiger partial charge >= 0.3 is 77.5 Å². The van der Waals surface area contributed by atoms with Gasteiger partial charge in [0.25, 0.3) is 0 Å². The molecule has 0 unspecified atom stereocenters. The summed E-state index contributed by atoms with van der Waals surface area (Å²) in [5.41, 5.74) is -0.502. The van der Waals surface area contributed by atoms with E-state index < -0.39 is 146 Å². The summed E-state index contributed by atoms with van der Waals surface area (Å²) < 4.78 is 363. The number of hydrogen-bond acceptors (Lipinski definition) is 5. The molecule has 31 heteroatoms. The topological polar surface area (TPSA) is 68.5 Å². The van der Waals surface area contributed by atoms with E-state index in [2.05, 4.69) is 0 Å². The van der Waals surface area contributed by atoms with Crippen LogP contribution in [0.15, 0.2) is 42.5 Å². The van der Waals surface area contributed by atoms with Crippen LogP contribution in [0.5, 0.6) is 17.2 Å². The molecule has 0 aliphatic rings. The number of alkyl halides is 26. The molecule has 0 amide bonds. The van der Waals surface area contributed by atoms with Crippen LogP contribution in [-0.4, -0.2) is 90.8 Å². The van der Waals surface area contributed by atoms with Gasteiger partial charge in [0.1, 0.15) is 5.75 Å². The van der Waals surface area contributed by atoms with Crippen LogP contribution in [0, 0.1) is 11.3 Å². The van der Waals surface area contributed by atoms with Crippen molar-refractivity contribution < 1.29 is 133 Å². The molecular weight excluding hydrogens is 980 g/mol. The SMILES string of the molecule is N#Cc1ccc(OC(=O)c2ccc(OCCCCC(F)(F)C(F)(F)C(F)(F)C(F)(F)C(F)(F)C(F)(F)F)c(OCCCCC(F)(F)C(F)(F)C(F)(F)C(F)(F)C(F)(F)C(F)(F)F)c2)cc1. The fraction of sp³-hybridized carbons (Fsp3) is 0.588. The summed E-state index contributed by atoms with van der Waals surface area (Å²) in [7, 11) is 0. The first-order valence-electron chi connectivity index (χ1n) is 17.0. The number of nitrogens with zero attached hydrogens (tertiary/aromatic N) is 1. The van der Waals surface area contributed by atoms with Crippen LogP contribution in [0.4, 0.5) is 114 Å². The van der Waals surface area contributed by atoms with Crippen LogP contribution in [-0.2, 0) is 0 Å². The van der Waals surface area contributed by atoms with Gasteiger partial charge in [-0.05, 0) is 68.1 Å². The van der Waals surface area contributed by atoms with E-state index in [0.29, 0.717) is 12.1 Å². The predicted molar refractivity (Wildman–Crippen MR) is 163 cm³/mol. The second-order valence-corrected chi connectivity index (χ2v) is 13.3. The zero-order valence-corrected chi connectivity index (χ0v) is 31.1. The Labute approximate surface area is 345 Å². The van der Waals surface area contributed by atoms with E-state index in [1.807, 2.05) is 0 Å². The summed E-state index contributed by atoms with van der Waals surface area (Å²) >= 11 is 0. The molecular formula is C34H23F26NO4. The number of carbonyl (C=O) groups excluding carboxylic acids is 1. The molecule has 2 aromatic rings. The van der Waals surface area contributed by atoms with Gasteiger partial charge in [-0.3, -0.25) is 0 Å². The highest BCUT2D eigenvalue weighted by molar-refractivity contribution is 5.91. The molecule has 0 aliphatic heterocycles. The van der Waals surface area contributed by atoms with E-state index in [1.165, 1.54) is 0 Å². The minimum Gasteiger partial charge on any atom is -0.490 e. The van der Waals surface area contributed by atoms with Crippen LogP contribution in [0.25, 0.3) is 0 Å². The third-order valence-corrected chi connectivity index (χ3v) is 8.66. The van der Waals surface area contributed by atoms with Gasteiger partial charge in [0, 0.05) is 12.8 Å². The Hall–Kier alpha value is -4.82. The van der Waals surface area contributed by atoms with Crippen molar-refractivity contribution >= 4 is 5.97 Å². The number of unbranched alkanes of at least 4 members (excludes halogenated alkanes) is 2. The van der Waals surface area contributed by atoms with Gasteiger partial charge < -0.3 is 14.2 Å². The van der Waals surface area contributed by atoms with Gasteiger partial charge in [-0.2, -0.15) is 119 Å². The predicted octanol–water partition coefficient (Wildman–Crippen LogP) is 13.4. The molecule has 0 bridgehead atoms. The maximum atomic E-state index is 14.2. The first-order valence-corrected chi connectivity index (χ1v) is 17.0. The normalized spacial score (nSPS) is 14.5. The maximum absolute atomic E-state index is 14.2. The van der Waals surface area contributed by atoms with Gasteiger partial charge in [0.05, 0.1) is 30.4 Å². The minimum atomic E-state index is -8.16. The fourth-order valence-electron chi connectivity index (χ4n) is 4.81. The molecule has 0 aliphatic carbocycles. The third kappa shape index (κ3) is 10.4. The highest BCUT2D eigenvalue weighted by atomic mass is 19.4. The second kappa shape index (κ2) is 18.5. The maximum Gasteiger partial charge on any atom is 0.460 e. The minimum absolute atomic E-state index is 0.0700. The van der Waals surface area contributed by atoms with E-state index in [9.17, 15) is 119 Å². The molecule has 370 valence electrons. The largest absolute Gasteiger partial charge is 0.490 e. The summed E-state index contributed by atoms with van der Waals surface area (Å²) in [5, 5.41) is 8.86. The summed E-state index contributed by atoms with van der Waals surface area (Å²) in [6.07, 6.45) is -25.7. The second-order valence-electron chi connectivity index (χ2n) is 13.3. The van der Waals surface area contributed by atoms with Crippen LogP contribution in [0.1, 0.15) is 54.4 Å². The summed E-state index contributed by atoms with van der Waals surface area (Å²) in [4.78, 5) is 12.7. The number of esters is 1. The van der Waals surface area contributed by atoms with Gasteiger partial charge in [0.2, 0.25) is 0 Å². The Morgan fingerprint density at radius 3 is 1.15 bits per heavy atom. The Morgan fingerprint density at radius 2 is 0.800 bits per heavy atom. The molecule has 2 rings (SSSR count). The van der Waals surface area contributed by atoms with Crippen molar-refractivity contribution in [2.75, 3.05) is 13.2 Å². The number of nitriles is 1. The van der Waals surface area contributed by atoms with Crippen LogP contribution >= 0.6 is 0 Å². The van der Waals surface area contributed by atoms with E-state index in [-0.39, 0.29) is 11.3 Å². The lowest BCUT2D eigenvalue weighted by molar-refractivity contribution is -0.440. The number of halogens is 26. The molecule has 0 fully saturated rings. The number of benzene rings is 2. The van der Waals surface area contributed by atoms with Gasteiger partial charge in [-0.25, -0.2) is 4.79 Å². The number of hydrogen-bond donors (Lipinski definition) is 0. The smallest absolute Gasteiger partial charge is 0.460 e. The molecule has 65 heavy (non-hydrogen) atoms. The van der Waals surface area contributed by atoms with Gasteiger partial charge in [-0.15, -0.1) is 0 Å². The molecule has 0 N–H and O–H groups in total. The molecule has 0 radical (unpaired) electrons. The Bertz CT molecular complexity index is 1990. The van der Waals surface area contributed by atoms with E-state index >= 15 is 0 Å². The summed E-state index contributed by atoms with van der Waals surface area (Å²) in [6, 6.07) is 8.34. The summed E-state index contributed by atoms with van der Waals surface area (Å²) in [5.74, 6) is -79.5. The highest BCUT2D eigenvalue weighted by Gasteiger charge is 2.92. The Morgan fingerprint density at radius 1 is 0.446 bits per heavy atom. The first-order chi connectivity index (χ1) is 29.0. The average molecular weight is 1000 g/mol. The molecule has 2 aromatic carbocycles. The van der Waals surface area contributed by atoms with Crippen molar-refractivity contribution in [3.63, 3.8) is 0 Å². The molecule has 0 heterocycles. The van der Waals surface area contributed by atoms with E-state index in [1.54, 1.807) is 6.07 Å². The monoisotopic (exact) mass is 1000 g/mol. The number of ether oxygens (including phenoxy) is 3. The lowest BCUT2D eigenvalue weighted by Gasteiger charge is -2.39. The molecule has 0 atom stereocenters. The van der Waals surface area contributed by atoms with Gasteiger partial charge in [-0.1, -0.05) is 0 Å². The van der Waals surface area contributed by atoms with E-state index in [4.69, 9.17) is 19.5 Å². The third-order valence-electron chi connectivity index (χ3n) is 8.66. The average Bonchev–Trinajstić information content (AvgIpc) is 3.16. The van der Waals surface area contributed by atoms with Crippen LogP contribution < -0.4 is 14.2 Å². The molecule has 0 spiro atoms. The van der Waals surface area contributed by atoms with Crippen molar-refractivity contribution in [2.24, 2.45) is 0 Å². The Balaban J connectivity index is 2.27. The quantitative estimate of drug-likeness (QED) is 0.0509. The molecule has 0 saturated heterocycles. The highest BCUT2D eigenvalue weighted by Crippen LogP contribution is 2.62. The van der Waals surface area contributed by atoms with Crippen molar-refractivity contribution in [1.82, 2.24) is 0 Å². The molecule has 0 aromatic heterocycles. The van der Waals surface area contributed by atoms with Crippen molar-refractivity contribution in [3.8, 4) is 23.3 Å². The lowest BCUT2D eigenvalue weighted by atomic mass is 9.92. The molecule has 0 saturated carbocycles. The van der Waals surface area contributed by atoms with Crippen molar-refractivity contribution in [3.05, 3.63) is 53.6 Å². The zero-order chi connectivity index (χ0) is 50.9. The van der Waals surface area contributed by atoms with Crippen LogP contribution in [0.2, 0.25) is 0 Å². The molecule has 5 nitrogen and oxygen atoms in total. The van der Waals surface area contributed by atoms with E-state index in [0.717, 1.165) is 30.3 Å². The zero-order valence-electron chi connectivity index (χ0n) is 31.1. The number of rotatable bonds is 22. The summed E-state index contributed by atoms with van der Waals surface area (Å²) in [6.45, 7) is -2.18. The van der Waals surface area contributed by atoms with Crippen molar-refractivity contribution in [2.45, 2.75) is 110 Å². The number of carbonyl (C=O) groups is 1. The Kier molecular flexibility index (Phi) is 16.0. The lowest BCUT2D eigenvalue weighted by Crippen LogP contribution is -2.70. The van der Waals surface area contributed by atoms with Crippen molar-refractivity contribution in [1.29, 1.82) is 5.26 Å². The van der Waals surface area contributed by atoms with Gasteiger partial charge in [0.15, 0.2) is 11.5 Å². The first kappa shape index (κ1) is 56.3.